The first-order valence-corrected chi connectivity index (χ1v) is 5.36. The average molecular weight is 192 g/mol. The van der Waals surface area contributed by atoms with Crippen molar-refractivity contribution in [1.29, 1.82) is 0 Å². The normalized spacial score (nSPS) is 20.5. The van der Waals surface area contributed by atoms with Gasteiger partial charge in [-0.2, -0.15) is 0 Å². The van der Waals surface area contributed by atoms with Gasteiger partial charge >= 0.3 is 0 Å². The van der Waals surface area contributed by atoms with Crippen molar-refractivity contribution in [2.24, 2.45) is 4.99 Å². The van der Waals surface area contributed by atoms with E-state index in [0.29, 0.717) is 6.04 Å². The molecular formula is C10H12N2S. The second-order valence-electron chi connectivity index (χ2n) is 2.98. The van der Waals surface area contributed by atoms with Crippen LogP contribution in [0.25, 0.3) is 0 Å². The van der Waals surface area contributed by atoms with E-state index in [2.05, 4.69) is 34.6 Å². The van der Waals surface area contributed by atoms with Crippen molar-refractivity contribution in [3.8, 4) is 0 Å². The van der Waals surface area contributed by atoms with E-state index in [1.165, 1.54) is 5.56 Å². The Balaban J connectivity index is 2.24. The fourth-order valence-corrected chi connectivity index (χ4v) is 2.16. The molecule has 2 nitrogen and oxygen atoms in total. The van der Waals surface area contributed by atoms with E-state index in [4.69, 9.17) is 0 Å². The molecule has 0 aromatic heterocycles. The Hall–Kier alpha value is -0.960. The summed E-state index contributed by atoms with van der Waals surface area (Å²) in [6.07, 6.45) is 0. The summed E-state index contributed by atoms with van der Waals surface area (Å²) >= 11 is 1.78. The largest absolute Gasteiger partial charge is 0.388 e. The molecule has 0 saturated heterocycles. The number of nitrogens with one attached hydrogen (secondary N) is 1. The summed E-state index contributed by atoms with van der Waals surface area (Å²) < 4.78 is 0. The standard InChI is InChI=1S/C10H12N2S/c1-11-9-4-2-3-8(5-9)10-6-13-7-12-10/h2-5,7,10-11H,6H2,1H3. The first kappa shape index (κ1) is 8.63. The molecule has 0 aliphatic carbocycles. The van der Waals surface area contributed by atoms with E-state index in [-0.39, 0.29) is 0 Å². The van der Waals surface area contributed by atoms with Crippen molar-refractivity contribution in [1.82, 2.24) is 0 Å². The number of thioether (sulfide) groups is 1. The van der Waals surface area contributed by atoms with Gasteiger partial charge in [0.25, 0.3) is 0 Å². The van der Waals surface area contributed by atoms with Crippen LogP contribution in [0.15, 0.2) is 29.3 Å². The molecule has 0 amide bonds. The van der Waals surface area contributed by atoms with Gasteiger partial charge in [0, 0.05) is 18.5 Å². The molecular weight excluding hydrogens is 180 g/mol. The van der Waals surface area contributed by atoms with Crippen LogP contribution >= 0.6 is 11.8 Å². The molecule has 68 valence electrons. The van der Waals surface area contributed by atoms with Gasteiger partial charge in [0.1, 0.15) is 0 Å². The van der Waals surface area contributed by atoms with E-state index < -0.39 is 0 Å². The van der Waals surface area contributed by atoms with Crippen LogP contribution in [0.1, 0.15) is 11.6 Å². The van der Waals surface area contributed by atoms with Gasteiger partial charge in [-0.1, -0.05) is 12.1 Å². The summed E-state index contributed by atoms with van der Waals surface area (Å²) in [4.78, 5) is 4.39. The lowest BCUT2D eigenvalue weighted by Gasteiger charge is -2.08. The molecule has 1 unspecified atom stereocenters. The van der Waals surface area contributed by atoms with Crippen molar-refractivity contribution < 1.29 is 0 Å². The lowest BCUT2D eigenvalue weighted by Crippen LogP contribution is -1.96. The maximum Gasteiger partial charge on any atom is 0.0850 e. The molecule has 1 N–H and O–H groups in total. The summed E-state index contributed by atoms with van der Waals surface area (Å²) in [5.74, 6) is 1.08. The molecule has 1 aliphatic rings. The van der Waals surface area contributed by atoms with Crippen molar-refractivity contribution in [3.05, 3.63) is 29.8 Å². The van der Waals surface area contributed by atoms with Gasteiger partial charge in [-0.05, 0) is 17.7 Å². The number of benzene rings is 1. The Morgan fingerprint density at radius 2 is 2.46 bits per heavy atom. The van der Waals surface area contributed by atoms with E-state index in [0.717, 1.165) is 11.4 Å². The first-order valence-electron chi connectivity index (χ1n) is 4.31. The van der Waals surface area contributed by atoms with Crippen molar-refractivity contribution in [2.45, 2.75) is 6.04 Å². The molecule has 1 aliphatic heterocycles. The zero-order valence-corrected chi connectivity index (χ0v) is 8.34. The number of hydrogen-bond donors (Lipinski definition) is 1. The number of hydrogen-bond acceptors (Lipinski definition) is 3. The fourth-order valence-electron chi connectivity index (χ4n) is 1.38. The SMILES string of the molecule is CNc1cccc(C2CSC=N2)c1. The first-order chi connectivity index (χ1) is 6.40. The summed E-state index contributed by atoms with van der Waals surface area (Å²) in [5, 5.41) is 3.13. The smallest absolute Gasteiger partial charge is 0.0850 e. The minimum atomic E-state index is 0.360. The van der Waals surface area contributed by atoms with Crippen molar-refractivity contribution in [3.63, 3.8) is 0 Å². The Bertz CT molecular complexity index is 322. The van der Waals surface area contributed by atoms with Gasteiger partial charge in [-0.3, -0.25) is 4.99 Å². The highest BCUT2D eigenvalue weighted by atomic mass is 32.2. The molecule has 2 rings (SSSR count). The van der Waals surface area contributed by atoms with Crippen molar-refractivity contribution in [2.75, 3.05) is 18.1 Å². The van der Waals surface area contributed by atoms with Crippen LogP contribution in [0.4, 0.5) is 5.69 Å². The third kappa shape index (κ3) is 1.86. The van der Waals surface area contributed by atoms with Crippen molar-refractivity contribution >= 4 is 23.0 Å². The molecule has 1 aromatic rings. The maximum absolute atomic E-state index is 4.39. The van der Waals surface area contributed by atoms with E-state index >= 15 is 0 Å². The maximum atomic E-state index is 4.39. The van der Waals surface area contributed by atoms with Gasteiger partial charge < -0.3 is 5.32 Å². The second kappa shape index (κ2) is 3.83. The number of anilines is 1. The lowest BCUT2D eigenvalue weighted by molar-refractivity contribution is 0.853. The third-order valence-electron chi connectivity index (χ3n) is 2.13. The number of aliphatic imine (C=N–C) groups is 1. The van der Waals surface area contributed by atoms with E-state index in [1.54, 1.807) is 11.8 Å². The number of nitrogens with zero attached hydrogens (tertiary/aromatic N) is 1. The Morgan fingerprint density at radius 3 is 3.15 bits per heavy atom. The van der Waals surface area contributed by atoms with Crippen LogP contribution in [-0.2, 0) is 0 Å². The number of rotatable bonds is 2. The Labute approximate surface area is 82.5 Å². The minimum Gasteiger partial charge on any atom is -0.388 e. The zero-order valence-electron chi connectivity index (χ0n) is 7.53. The Kier molecular flexibility index (Phi) is 2.54. The molecule has 0 radical (unpaired) electrons. The van der Waals surface area contributed by atoms with Crippen LogP contribution < -0.4 is 5.32 Å². The predicted octanol–water partition coefficient (Wildman–Crippen LogP) is 2.54. The van der Waals surface area contributed by atoms with Crippen LogP contribution in [0.2, 0.25) is 0 Å². The van der Waals surface area contributed by atoms with Crippen LogP contribution in [0.5, 0.6) is 0 Å². The van der Waals surface area contributed by atoms with Gasteiger partial charge in [0.15, 0.2) is 0 Å². The molecule has 0 bridgehead atoms. The molecule has 0 spiro atoms. The topological polar surface area (TPSA) is 24.4 Å². The molecule has 1 aromatic carbocycles. The van der Waals surface area contributed by atoms with Crippen LogP contribution in [0.3, 0.4) is 0 Å². The quantitative estimate of drug-likeness (QED) is 0.778. The Morgan fingerprint density at radius 1 is 1.54 bits per heavy atom. The van der Waals surface area contributed by atoms with Crippen LogP contribution in [-0.4, -0.2) is 18.3 Å². The lowest BCUT2D eigenvalue weighted by atomic mass is 10.1. The monoisotopic (exact) mass is 192 g/mol. The molecule has 1 atom stereocenters. The summed E-state index contributed by atoms with van der Waals surface area (Å²) in [5.41, 5.74) is 4.40. The highest BCUT2D eigenvalue weighted by Crippen LogP contribution is 2.27. The fraction of sp³-hybridized carbons (Fsp3) is 0.300. The molecule has 3 heteroatoms. The summed E-state index contributed by atoms with van der Waals surface area (Å²) in [7, 11) is 1.94. The van der Waals surface area contributed by atoms with Gasteiger partial charge in [0.05, 0.1) is 11.6 Å². The van der Waals surface area contributed by atoms with Crippen LogP contribution in [0, 0.1) is 0 Å². The van der Waals surface area contributed by atoms with E-state index in [1.807, 2.05) is 12.6 Å². The molecule has 0 saturated carbocycles. The summed E-state index contributed by atoms with van der Waals surface area (Å²) in [6, 6.07) is 8.79. The highest BCUT2D eigenvalue weighted by molar-refractivity contribution is 8.12. The van der Waals surface area contributed by atoms with Gasteiger partial charge in [0.2, 0.25) is 0 Å². The molecule has 0 fully saturated rings. The third-order valence-corrected chi connectivity index (χ3v) is 2.91. The van der Waals surface area contributed by atoms with E-state index in [9.17, 15) is 0 Å². The molecule has 13 heavy (non-hydrogen) atoms. The van der Waals surface area contributed by atoms with Gasteiger partial charge in [-0.15, -0.1) is 11.8 Å². The predicted molar refractivity (Wildman–Crippen MR) is 59.7 cm³/mol. The molecule has 1 heterocycles. The zero-order chi connectivity index (χ0) is 9.10. The minimum absolute atomic E-state index is 0.360. The highest BCUT2D eigenvalue weighted by Gasteiger charge is 2.13. The second-order valence-corrected chi connectivity index (χ2v) is 3.86. The summed E-state index contributed by atoms with van der Waals surface area (Å²) in [6.45, 7) is 0. The van der Waals surface area contributed by atoms with Gasteiger partial charge in [-0.25, -0.2) is 0 Å². The average Bonchev–Trinajstić information content (AvgIpc) is 2.71.